The molecule has 0 saturated heterocycles. The molecule has 0 N–H and O–H groups in total. The van der Waals surface area contributed by atoms with Crippen LogP contribution in [-0.2, 0) is 9.53 Å². The van der Waals surface area contributed by atoms with Crippen LogP contribution in [-0.4, -0.2) is 26.2 Å². The highest BCUT2D eigenvalue weighted by atomic mass is 35.5. The predicted molar refractivity (Wildman–Crippen MR) is 68.7 cm³/mol. The Labute approximate surface area is 106 Å². The van der Waals surface area contributed by atoms with Gasteiger partial charge >= 0.3 is 5.97 Å². The summed E-state index contributed by atoms with van der Waals surface area (Å²) in [7, 11) is 2.01. The van der Waals surface area contributed by atoms with E-state index in [4.69, 9.17) is 16.3 Å². The largest absolute Gasteiger partial charge is 0.466 e. The Morgan fingerprint density at radius 3 is 3.06 bits per heavy atom. The molecule has 1 aromatic carbocycles. The molecule has 0 amide bonds. The van der Waals surface area contributed by atoms with E-state index in [2.05, 4.69) is 4.90 Å². The number of halogens is 1. The van der Waals surface area contributed by atoms with Crippen molar-refractivity contribution in [3.8, 4) is 0 Å². The lowest BCUT2D eigenvalue weighted by atomic mass is 9.90. The van der Waals surface area contributed by atoms with Crippen molar-refractivity contribution in [2.24, 2.45) is 0 Å². The molecular formula is C13H16ClNO2. The first kappa shape index (κ1) is 12.2. The Hall–Kier alpha value is -1.22. The lowest BCUT2D eigenvalue weighted by Crippen LogP contribution is -2.31. The Bertz CT molecular complexity index is 433. The fourth-order valence-corrected chi connectivity index (χ4v) is 2.57. The molecule has 1 aliphatic rings. The number of carbonyl (C=O) groups is 1. The number of rotatable bonds is 2. The predicted octanol–water partition coefficient (Wildman–Crippen LogP) is 2.83. The van der Waals surface area contributed by atoms with E-state index in [-0.39, 0.29) is 11.9 Å². The highest BCUT2D eigenvalue weighted by Crippen LogP contribution is 2.39. The number of benzene rings is 1. The molecule has 1 heterocycles. The number of carbonyl (C=O) groups excluding carboxylic acids is 1. The number of hydrogen-bond acceptors (Lipinski definition) is 3. The first-order chi connectivity index (χ1) is 8.15. The van der Waals surface area contributed by atoms with Gasteiger partial charge in [-0.3, -0.25) is 4.79 Å². The maximum absolute atomic E-state index is 11.9. The van der Waals surface area contributed by atoms with Crippen LogP contribution in [0.15, 0.2) is 18.2 Å². The Kier molecular flexibility index (Phi) is 3.57. The summed E-state index contributed by atoms with van der Waals surface area (Å²) in [5, 5.41) is 0.645. The van der Waals surface area contributed by atoms with Crippen LogP contribution in [0.3, 0.4) is 0 Å². The number of hydrogen-bond donors (Lipinski definition) is 0. The number of nitrogens with zero attached hydrogens (tertiary/aromatic N) is 1. The summed E-state index contributed by atoms with van der Waals surface area (Å²) in [6, 6.07) is 5.73. The van der Waals surface area contributed by atoms with Crippen LogP contribution in [0.5, 0.6) is 0 Å². The van der Waals surface area contributed by atoms with Gasteiger partial charge in [0.05, 0.1) is 12.5 Å². The van der Waals surface area contributed by atoms with Gasteiger partial charge in [0.25, 0.3) is 0 Å². The normalized spacial score (nSPS) is 18.8. The van der Waals surface area contributed by atoms with Gasteiger partial charge in [-0.05, 0) is 25.5 Å². The van der Waals surface area contributed by atoms with Crippen LogP contribution in [0, 0.1) is 0 Å². The van der Waals surface area contributed by atoms with Crippen LogP contribution in [0.25, 0.3) is 0 Å². The topological polar surface area (TPSA) is 29.5 Å². The fourth-order valence-electron chi connectivity index (χ4n) is 2.27. The van der Waals surface area contributed by atoms with E-state index in [1.807, 2.05) is 32.2 Å². The minimum Gasteiger partial charge on any atom is -0.466 e. The summed E-state index contributed by atoms with van der Waals surface area (Å²) < 4.78 is 5.11. The van der Waals surface area contributed by atoms with E-state index in [0.29, 0.717) is 11.6 Å². The summed E-state index contributed by atoms with van der Waals surface area (Å²) >= 11 is 6.21. The van der Waals surface area contributed by atoms with Crippen molar-refractivity contribution < 1.29 is 9.53 Å². The number of fused-ring (bicyclic) bond motifs is 1. The Morgan fingerprint density at radius 2 is 2.35 bits per heavy atom. The first-order valence-corrected chi connectivity index (χ1v) is 6.19. The lowest BCUT2D eigenvalue weighted by Gasteiger charge is -2.32. The van der Waals surface area contributed by atoms with Gasteiger partial charge < -0.3 is 9.64 Å². The van der Waals surface area contributed by atoms with E-state index in [1.165, 1.54) is 0 Å². The molecular weight excluding hydrogens is 238 g/mol. The quantitative estimate of drug-likeness (QED) is 0.759. The summed E-state index contributed by atoms with van der Waals surface area (Å²) in [5.74, 6) is -0.398. The van der Waals surface area contributed by atoms with E-state index >= 15 is 0 Å². The van der Waals surface area contributed by atoms with Crippen molar-refractivity contribution >= 4 is 23.3 Å². The third-order valence-electron chi connectivity index (χ3n) is 3.11. The number of anilines is 1. The second-order valence-corrected chi connectivity index (χ2v) is 4.59. The molecule has 1 aliphatic heterocycles. The van der Waals surface area contributed by atoms with Crippen LogP contribution >= 0.6 is 11.6 Å². The second kappa shape index (κ2) is 4.96. The highest BCUT2D eigenvalue weighted by molar-refractivity contribution is 6.32. The molecule has 0 aromatic heterocycles. The Balaban J connectivity index is 2.41. The van der Waals surface area contributed by atoms with Gasteiger partial charge in [0.1, 0.15) is 0 Å². The number of ether oxygens (including phenoxy) is 1. The first-order valence-electron chi connectivity index (χ1n) is 5.81. The zero-order valence-corrected chi connectivity index (χ0v) is 10.8. The second-order valence-electron chi connectivity index (χ2n) is 4.19. The van der Waals surface area contributed by atoms with Crippen molar-refractivity contribution in [1.29, 1.82) is 0 Å². The van der Waals surface area contributed by atoms with Gasteiger partial charge in [0.15, 0.2) is 0 Å². The minimum atomic E-state index is -0.227. The highest BCUT2D eigenvalue weighted by Gasteiger charge is 2.31. The Morgan fingerprint density at radius 1 is 1.59 bits per heavy atom. The van der Waals surface area contributed by atoms with Crippen molar-refractivity contribution in [1.82, 2.24) is 0 Å². The minimum absolute atomic E-state index is 0.171. The van der Waals surface area contributed by atoms with Gasteiger partial charge in [0, 0.05) is 29.9 Å². The third-order valence-corrected chi connectivity index (χ3v) is 3.44. The molecule has 3 nitrogen and oxygen atoms in total. The molecule has 2 rings (SSSR count). The molecule has 1 aromatic rings. The van der Waals surface area contributed by atoms with Crippen molar-refractivity contribution in [3.05, 3.63) is 28.8 Å². The maximum Gasteiger partial charge on any atom is 0.313 e. The van der Waals surface area contributed by atoms with Gasteiger partial charge in [-0.25, -0.2) is 0 Å². The standard InChI is InChI=1S/C13H16ClNO2/c1-3-17-13(16)9-7-8-15(2)11-6-4-5-10(14)12(9)11/h4-6,9H,3,7-8H2,1-2H3. The number of esters is 1. The maximum atomic E-state index is 11.9. The van der Waals surface area contributed by atoms with Crippen molar-refractivity contribution in [3.63, 3.8) is 0 Å². The van der Waals surface area contributed by atoms with Crippen molar-refractivity contribution in [2.75, 3.05) is 25.1 Å². The molecule has 0 saturated carbocycles. The molecule has 1 unspecified atom stereocenters. The van der Waals surface area contributed by atoms with Crippen LogP contribution in [0.1, 0.15) is 24.8 Å². The van der Waals surface area contributed by atoms with E-state index in [0.717, 1.165) is 24.2 Å². The van der Waals surface area contributed by atoms with Gasteiger partial charge in [-0.2, -0.15) is 0 Å². The summed E-state index contributed by atoms with van der Waals surface area (Å²) in [6.07, 6.45) is 0.756. The summed E-state index contributed by atoms with van der Waals surface area (Å²) in [4.78, 5) is 14.0. The molecule has 0 radical (unpaired) electrons. The molecule has 17 heavy (non-hydrogen) atoms. The molecule has 4 heteroatoms. The molecule has 0 bridgehead atoms. The van der Waals surface area contributed by atoms with Crippen LogP contribution in [0.4, 0.5) is 5.69 Å². The van der Waals surface area contributed by atoms with Gasteiger partial charge in [-0.15, -0.1) is 0 Å². The average molecular weight is 254 g/mol. The molecule has 1 atom stereocenters. The summed E-state index contributed by atoms with van der Waals surface area (Å²) in [6.45, 7) is 3.07. The zero-order valence-electron chi connectivity index (χ0n) is 10.1. The molecule has 0 fully saturated rings. The van der Waals surface area contributed by atoms with E-state index < -0.39 is 0 Å². The molecule has 0 aliphatic carbocycles. The molecule has 92 valence electrons. The van der Waals surface area contributed by atoms with Gasteiger partial charge in [-0.1, -0.05) is 17.7 Å². The van der Waals surface area contributed by atoms with Gasteiger partial charge in [0.2, 0.25) is 0 Å². The lowest BCUT2D eigenvalue weighted by molar-refractivity contribution is -0.145. The fraction of sp³-hybridized carbons (Fsp3) is 0.462. The van der Waals surface area contributed by atoms with E-state index in [9.17, 15) is 4.79 Å². The van der Waals surface area contributed by atoms with Crippen molar-refractivity contribution in [2.45, 2.75) is 19.3 Å². The van der Waals surface area contributed by atoms with E-state index in [1.54, 1.807) is 0 Å². The van der Waals surface area contributed by atoms with Crippen LogP contribution in [0.2, 0.25) is 5.02 Å². The summed E-state index contributed by atoms with van der Waals surface area (Å²) in [5.41, 5.74) is 1.93. The zero-order chi connectivity index (χ0) is 12.4. The molecule has 0 spiro atoms. The third kappa shape index (κ3) is 2.25. The van der Waals surface area contributed by atoms with Crippen LogP contribution < -0.4 is 4.90 Å². The average Bonchev–Trinajstić information content (AvgIpc) is 2.31. The smallest absolute Gasteiger partial charge is 0.313 e. The monoisotopic (exact) mass is 253 g/mol. The SMILES string of the molecule is CCOC(=O)C1CCN(C)c2cccc(Cl)c21.